The molecule has 5 nitrogen and oxygen atoms in total. The Kier molecular flexibility index (Phi) is 5.62. The van der Waals surface area contributed by atoms with Crippen molar-refractivity contribution in [3.05, 3.63) is 46.5 Å². The van der Waals surface area contributed by atoms with Crippen LogP contribution in [0.5, 0.6) is 0 Å². The highest BCUT2D eigenvalue weighted by Gasteiger charge is 2.13. The molecule has 0 unspecified atom stereocenters. The Bertz CT molecular complexity index is 671. The number of carbonyl (C=O) groups excluding carboxylic acids is 1. The van der Waals surface area contributed by atoms with Gasteiger partial charge in [-0.2, -0.15) is 0 Å². The second kappa shape index (κ2) is 7.47. The van der Waals surface area contributed by atoms with Gasteiger partial charge in [0, 0.05) is 37.2 Å². The third kappa shape index (κ3) is 5.26. The summed E-state index contributed by atoms with van der Waals surface area (Å²) in [4.78, 5) is 18.1. The molecule has 1 aromatic heterocycles. The minimum Gasteiger partial charge on any atom is -0.392 e. The number of amides is 2. The highest BCUT2D eigenvalue weighted by Crippen LogP contribution is 2.22. The van der Waals surface area contributed by atoms with Crippen LogP contribution in [0.1, 0.15) is 17.4 Å². The molecule has 2 rings (SSSR count). The number of rotatable bonds is 5. The van der Waals surface area contributed by atoms with Crippen molar-refractivity contribution in [3.8, 4) is 0 Å². The first-order chi connectivity index (χ1) is 10.8. The van der Waals surface area contributed by atoms with Crippen LogP contribution < -0.4 is 5.32 Å². The molecule has 0 radical (unpaired) electrons. The molecular weight excluding hydrogens is 324 g/mol. The summed E-state index contributed by atoms with van der Waals surface area (Å²) < 4.78 is 26.3. The van der Waals surface area contributed by atoms with Crippen molar-refractivity contribution < 1.29 is 18.7 Å². The topological polar surface area (TPSA) is 65.5 Å². The van der Waals surface area contributed by atoms with E-state index >= 15 is 0 Å². The Hall–Kier alpha value is -2.06. The molecule has 0 saturated carbocycles. The van der Waals surface area contributed by atoms with Crippen LogP contribution in [0.25, 0.3) is 0 Å². The van der Waals surface area contributed by atoms with Gasteiger partial charge in [-0.05, 0) is 24.6 Å². The average molecular weight is 341 g/mol. The summed E-state index contributed by atoms with van der Waals surface area (Å²) in [6.45, 7) is 1.79. The number of carbonyl (C=O) groups is 1. The number of hydrogen-bond acceptors (Lipinski definition) is 4. The first kappa shape index (κ1) is 17.3. The first-order valence-electron chi connectivity index (χ1n) is 6.93. The lowest BCUT2D eigenvalue weighted by Crippen LogP contribution is -2.36. The molecule has 2 N–H and O–H groups in total. The predicted molar refractivity (Wildman–Crippen MR) is 84.6 cm³/mol. The van der Waals surface area contributed by atoms with Crippen LogP contribution >= 0.6 is 11.3 Å². The van der Waals surface area contributed by atoms with E-state index in [2.05, 4.69) is 10.3 Å². The summed E-state index contributed by atoms with van der Waals surface area (Å²) in [6, 6.07) is 2.96. The van der Waals surface area contributed by atoms with Gasteiger partial charge in [0.2, 0.25) is 0 Å². The highest BCUT2D eigenvalue weighted by molar-refractivity contribution is 7.15. The van der Waals surface area contributed by atoms with Crippen molar-refractivity contribution in [1.29, 1.82) is 0 Å². The Labute approximate surface area is 136 Å². The maximum Gasteiger partial charge on any atom is 0.323 e. The summed E-state index contributed by atoms with van der Waals surface area (Å²) >= 11 is 1.23. The second-order valence-corrected chi connectivity index (χ2v) is 6.36. The van der Waals surface area contributed by atoms with Gasteiger partial charge in [0.1, 0.15) is 11.6 Å². The molecule has 0 saturated heterocycles. The monoisotopic (exact) mass is 341 g/mol. The fourth-order valence-electron chi connectivity index (χ4n) is 2.03. The number of thiazole rings is 1. The molecule has 1 aromatic carbocycles. The molecule has 0 bridgehead atoms. The maximum absolute atomic E-state index is 13.2. The quantitative estimate of drug-likeness (QED) is 0.879. The molecule has 2 aromatic rings. The van der Waals surface area contributed by atoms with Crippen LogP contribution in [0.2, 0.25) is 0 Å². The van der Waals surface area contributed by atoms with Gasteiger partial charge in [-0.3, -0.25) is 5.32 Å². The minimum atomic E-state index is -0.627. The Morgan fingerprint density at radius 3 is 2.65 bits per heavy atom. The number of aromatic nitrogens is 1. The van der Waals surface area contributed by atoms with E-state index in [-0.39, 0.29) is 12.6 Å². The van der Waals surface area contributed by atoms with Crippen molar-refractivity contribution in [1.82, 2.24) is 9.88 Å². The van der Waals surface area contributed by atoms with Crippen molar-refractivity contribution in [2.45, 2.75) is 19.4 Å². The summed E-state index contributed by atoms with van der Waals surface area (Å²) in [7, 11) is 1.56. The lowest BCUT2D eigenvalue weighted by Gasteiger charge is -2.18. The molecule has 8 heteroatoms. The van der Waals surface area contributed by atoms with E-state index in [1.165, 1.54) is 28.4 Å². The molecule has 0 spiro atoms. The van der Waals surface area contributed by atoms with Crippen LogP contribution in [-0.4, -0.2) is 40.7 Å². The molecule has 1 heterocycles. The standard InChI is InChI=1S/C15H17F2N3O2S/c1-9(21)8-20(2)15(22)19-14-18-7-13(23-14)5-10-3-11(16)6-12(17)4-10/h3-4,6-7,9,21H,5,8H2,1-2H3,(H,18,19,22)/t9-/m1/s1. The zero-order valence-electron chi connectivity index (χ0n) is 12.7. The zero-order chi connectivity index (χ0) is 17.0. The van der Waals surface area contributed by atoms with E-state index in [9.17, 15) is 18.7 Å². The average Bonchev–Trinajstić information content (AvgIpc) is 2.83. The number of nitrogens with one attached hydrogen (secondary N) is 1. The minimum absolute atomic E-state index is 0.201. The van der Waals surface area contributed by atoms with Gasteiger partial charge in [0.05, 0.1) is 6.10 Å². The lowest BCUT2D eigenvalue weighted by atomic mass is 10.1. The first-order valence-corrected chi connectivity index (χ1v) is 7.75. The molecule has 23 heavy (non-hydrogen) atoms. The third-order valence-corrected chi connectivity index (χ3v) is 3.87. The van der Waals surface area contributed by atoms with Gasteiger partial charge in [0.25, 0.3) is 0 Å². The van der Waals surface area contributed by atoms with Gasteiger partial charge >= 0.3 is 6.03 Å². The number of anilines is 1. The van der Waals surface area contributed by atoms with E-state index in [1.807, 2.05) is 0 Å². The van der Waals surface area contributed by atoms with E-state index in [4.69, 9.17) is 0 Å². The number of hydrogen-bond donors (Lipinski definition) is 2. The molecule has 0 fully saturated rings. The van der Waals surface area contributed by atoms with Crippen LogP contribution in [0.15, 0.2) is 24.4 Å². The fourth-order valence-corrected chi connectivity index (χ4v) is 2.86. The Balaban J connectivity index is 1.99. The van der Waals surface area contributed by atoms with Crippen molar-refractivity contribution in [2.75, 3.05) is 18.9 Å². The van der Waals surface area contributed by atoms with Gasteiger partial charge in [-0.1, -0.05) is 0 Å². The number of likely N-dealkylation sites (N-methyl/N-ethyl adjacent to an activating group) is 1. The number of nitrogens with zero attached hydrogens (tertiary/aromatic N) is 2. The van der Waals surface area contributed by atoms with E-state index in [0.717, 1.165) is 10.9 Å². The van der Waals surface area contributed by atoms with E-state index in [1.54, 1.807) is 20.2 Å². The van der Waals surface area contributed by atoms with Gasteiger partial charge < -0.3 is 10.0 Å². The fraction of sp³-hybridized carbons (Fsp3) is 0.333. The lowest BCUT2D eigenvalue weighted by molar-refractivity contribution is 0.149. The normalized spacial score (nSPS) is 12.0. The SMILES string of the molecule is C[C@@H](O)CN(C)C(=O)Nc1ncc(Cc2cc(F)cc(F)c2)s1. The second-order valence-electron chi connectivity index (χ2n) is 5.25. The molecular formula is C15H17F2N3O2S. The Morgan fingerprint density at radius 2 is 2.04 bits per heavy atom. The molecule has 2 amide bonds. The largest absolute Gasteiger partial charge is 0.392 e. The molecule has 1 atom stereocenters. The molecule has 124 valence electrons. The number of aliphatic hydroxyl groups is 1. The van der Waals surface area contributed by atoms with E-state index < -0.39 is 17.7 Å². The smallest absolute Gasteiger partial charge is 0.323 e. The van der Waals surface area contributed by atoms with Crippen molar-refractivity contribution in [2.24, 2.45) is 0 Å². The summed E-state index contributed by atoms with van der Waals surface area (Å²) in [5, 5.41) is 12.3. The van der Waals surface area contributed by atoms with Crippen molar-refractivity contribution in [3.63, 3.8) is 0 Å². The highest BCUT2D eigenvalue weighted by atomic mass is 32.1. The van der Waals surface area contributed by atoms with E-state index in [0.29, 0.717) is 17.1 Å². The number of urea groups is 1. The number of aliphatic hydroxyl groups excluding tert-OH is 1. The Morgan fingerprint density at radius 1 is 1.39 bits per heavy atom. The van der Waals surface area contributed by atoms with Crippen LogP contribution in [0.3, 0.4) is 0 Å². The summed E-state index contributed by atoms with van der Waals surface area (Å²) in [6.07, 6.45) is 1.25. The van der Waals surface area contributed by atoms with Gasteiger partial charge in [0.15, 0.2) is 5.13 Å². The van der Waals surface area contributed by atoms with Crippen molar-refractivity contribution >= 4 is 22.5 Å². The summed E-state index contributed by atoms with van der Waals surface area (Å²) in [5.74, 6) is -1.25. The van der Waals surface area contributed by atoms with Crippen LogP contribution in [-0.2, 0) is 6.42 Å². The molecule has 0 aliphatic rings. The number of benzene rings is 1. The molecule has 0 aliphatic carbocycles. The summed E-state index contributed by atoms with van der Waals surface area (Å²) in [5.41, 5.74) is 0.496. The zero-order valence-corrected chi connectivity index (χ0v) is 13.5. The maximum atomic E-state index is 13.2. The number of halogens is 2. The van der Waals surface area contributed by atoms with Crippen LogP contribution in [0.4, 0.5) is 18.7 Å². The van der Waals surface area contributed by atoms with Crippen LogP contribution in [0, 0.1) is 11.6 Å². The predicted octanol–water partition coefficient (Wildman–Crippen LogP) is 2.86. The molecule has 0 aliphatic heterocycles. The van der Waals surface area contributed by atoms with Gasteiger partial charge in [-0.25, -0.2) is 18.6 Å². The van der Waals surface area contributed by atoms with Gasteiger partial charge in [-0.15, -0.1) is 11.3 Å². The third-order valence-electron chi connectivity index (χ3n) is 2.95.